The van der Waals surface area contributed by atoms with Crippen LogP contribution in [0.4, 0.5) is 0 Å². The smallest absolute Gasteiger partial charge is 0.0270 e. The van der Waals surface area contributed by atoms with Crippen molar-refractivity contribution in [2.75, 3.05) is 26.7 Å². The maximum Gasteiger partial charge on any atom is 0.0270 e. The Morgan fingerprint density at radius 3 is 2.42 bits per heavy atom. The Hall–Kier alpha value is -0.930. The normalized spacial score (nSPS) is 18.1. The highest BCUT2D eigenvalue weighted by Crippen LogP contribution is 2.39. The van der Waals surface area contributed by atoms with Gasteiger partial charge < -0.3 is 10.6 Å². The summed E-state index contributed by atoms with van der Waals surface area (Å²) >= 11 is 0. The number of nitrogens with one attached hydrogen (secondary N) is 2. The molecule has 19 heavy (non-hydrogen) atoms. The number of rotatable bonds is 7. The summed E-state index contributed by atoms with van der Waals surface area (Å²) in [6, 6.07) is 4.24. The molecule has 1 aliphatic rings. The SMILES string of the molecule is CNCC1(CNCC(C)(C)c2ccncc2)CCC1. The lowest BCUT2D eigenvalue weighted by atomic mass is 9.68. The van der Waals surface area contributed by atoms with Gasteiger partial charge in [0, 0.05) is 37.4 Å². The van der Waals surface area contributed by atoms with E-state index in [1.165, 1.54) is 24.8 Å². The molecule has 2 N–H and O–H groups in total. The standard InChI is InChI=1S/C16H27N3/c1-15(2,14-5-9-18-10-6-14)11-19-13-16(12-17-3)7-4-8-16/h5-6,9-10,17,19H,4,7-8,11-13H2,1-3H3. The first-order valence-corrected chi connectivity index (χ1v) is 7.34. The second kappa shape index (κ2) is 6.02. The third-order valence-corrected chi connectivity index (χ3v) is 4.49. The highest BCUT2D eigenvalue weighted by atomic mass is 14.9. The molecule has 0 saturated heterocycles. The van der Waals surface area contributed by atoms with Gasteiger partial charge in [-0.15, -0.1) is 0 Å². The minimum absolute atomic E-state index is 0.160. The molecule has 0 aliphatic heterocycles. The molecule has 1 aromatic rings. The lowest BCUT2D eigenvalue weighted by Crippen LogP contribution is -2.48. The summed E-state index contributed by atoms with van der Waals surface area (Å²) in [4.78, 5) is 4.10. The van der Waals surface area contributed by atoms with Crippen LogP contribution in [0.2, 0.25) is 0 Å². The van der Waals surface area contributed by atoms with E-state index in [-0.39, 0.29) is 5.41 Å². The Labute approximate surface area is 117 Å². The molecule has 3 nitrogen and oxygen atoms in total. The van der Waals surface area contributed by atoms with Crippen molar-refractivity contribution in [3.8, 4) is 0 Å². The minimum Gasteiger partial charge on any atom is -0.319 e. The lowest BCUT2D eigenvalue weighted by Gasteiger charge is -2.43. The van der Waals surface area contributed by atoms with Gasteiger partial charge in [0.05, 0.1) is 0 Å². The molecule has 0 spiro atoms. The molecule has 2 rings (SSSR count). The van der Waals surface area contributed by atoms with E-state index in [0.717, 1.165) is 19.6 Å². The topological polar surface area (TPSA) is 37.0 Å². The number of hydrogen-bond donors (Lipinski definition) is 2. The van der Waals surface area contributed by atoms with E-state index in [2.05, 4.69) is 48.6 Å². The molecular formula is C16H27N3. The monoisotopic (exact) mass is 261 g/mol. The number of hydrogen-bond acceptors (Lipinski definition) is 3. The van der Waals surface area contributed by atoms with Crippen LogP contribution < -0.4 is 10.6 Å². The summed E-state index contributed by atoms with van der Waals surface area (Å²) in [7, 11) is 2.06. The summed E-state index contributed by atoms with van der Waals surface area (Å²) in [6.45, 7) is 7.86. The Balaban J connectivity index is 1.85. The highest BCUT2D eigenvalue weighted by Gasteiger charge is 2.36. The fraction of sp³-hybridized carbons (Fsp3) is 0.688. The summed E-state index contributed by atoms with van der Waals surface area (Å²) < 4.78 is 0. The van der Waals surface area contributed by atoms with Gasteiger partial charge >= 0.3 is 0 Å². The molecule has 0 unspecified atom stereocenters. The van der Waals surface area contributed by atoms with Crippen molar-refractivity contribution in [2.24, 2.45) is 5.41 Å². The number of nitrogens with zero attached hydrogens (tertiary/aromatic N) is 1. The molecule has 1 aliphatic carbocycles. The van der Waals surface area contributed by atoms with E-state index in [0.29, 0.717) is 5.41 Å². The molecule has 0 amide bonds. The van der Waals surface area contributed by atoms with Crippen LogP contribution in [0.25, 0.3) is 0 Å². The van der Waals surface area contributed by atoms with Crippen LogP contribution in [-0.2, 0) is 5.41 Å². The van der Waals surface area contributed by atoms with Crippen LogP contribution >= 0.6 is 0 Å². The van der Waals surface area contributed by atoms with E-state index >= 15 is 0 Å². The average molecular weight is 261 g/mol. The van der Waals surface area contributed by atoms with E-state index < -0.39 is 0 Å². The van der Waals surface area contributed by atoms with E-state index in [9.17, 15) is 0 Å². The summed E-state index contributed by atoms with van der Waals surface area (Å²) in [5, 5.41) is 7.03. The molecule has 0 radical (unpaired) electrons. The Bertz CT molecular complexity index is 382. The van der Waals surface area contributed by atoms with Gasteiger partial charge in [-0.1, -0.05) is 20.3 Å². The Morgan fingerprint density at radius 1 is 1.21 bits per heavy atom. The summed E-state index contributed by atoms with van der Waals surface area (Å²) in [5.41, 5.74) is 2.02. The number of aromatic nitrogens is 1. The maximum atomic E-state index is 4.10. The molecule has 3 heteroatoms. The van der Waals surface area contributed by atoms with Crippen LogP contribution in [0, 0.1) is 5.41 Å². The number of pyridine rings is 1. The van der Waals surface area contributed by atoms with Crippen molar-refractivity contribution in [3.63, 3.8) is 0 Å². The Kier molecular flexibility index (Phi) is 4.58. The molecule has 1 fully saturated rings. The van der Waals surface area contributed by atoms with Crippen LogP contribution in [0.3, 0.4) is 0 Å². The first kappa shape index (κ1) is 14.5. The summed E-state index contributed by atoms with van der Waals surface area (Å²) in [5.74, 6) is 0. The molecular weight excluding hydrogens is 234 g/mol. The predicted molar refractivity (Wildman–Crippen MR) is 80.3 cm³/mol. The van der Waals surface area contributed by atoms with Crippen LogP contribution in [0.5, 0.6) is 0 Å². The van der Waals surface area contributed by atoms with Gasteiger partial charge in [-0.25, -0.2) is 0 Å². The molecule has 0 bridgehead atoms. The van der Waals surface area contributed by atoms with Gasteiger partial charge in [-0.2, -0.15) is 0 Å². The van der Waals surface area contributed by atoms with E-state index in [4.69, 9.17) is 0 Å². The van der Waals surface area contributed by atoms with Crippen molar-refractivity contribution >= 4 is 0 Å². The molecule has 1 saturated carbocycles. The summed E-state index contributed by atoms with van der Waals surface area (Å²) in [6.07, 6.45) is 7.86. The fourth-order valence-corrected chi connectivity index (χ4v) is 3.01. The maximum absolute atomic E-state index is 4.10. The van der Waals surface area contributed by atoms with Crippen molar-refractivity contribution in [3.05, 3.63) is 30.1 Å². The molecule has 106 valence electrons. The van der Waals surface area contributed by atoms with Crippen LogP contribution in [0.1, 0.15) is 38.7 Å². The van der Waals surface area contributed by atoms with Crippen LogP contribution in [0.15, 0.2) is 24.5 Å². The fourth-order valence-electron chi connectivity index (χ4n) is 3.01. The zero-order chi connectivity index (χ0) is 13.8. The lowest BCUT2D eigenvalue weighted by molar-refractivity contribution is 0.128. The molecule has 1 heterocycles. The first-order chi connectivity index (χ1) is 9.08. The van der Waals surface area contributed by atoms with E-state index in [1.54, 1.807) is 0 Å². The molecule has 1 aromatic heterocycles. The van der Waals surface area contributed by atoms with Gasteiger partial charge in [-0.3, -0.25) is 4.98 Å². The van der Waals surface area contributed by atoms with Crippen molar-refractivity contribution in [1.29, 1.82) is 0 Å². The molecule has 0 atom stereocenters. The Morgan fingerprint density at radius 2 is 1.89 bits per heavy atom. The quantitative estimate of drug-likeness (QED) is 0.791. The third kappa shape index (κ3) is 3.54. The molecule has 0 aromatic carbocycles. The zero-order valence-electron chi connectivity index (χ0n) is 12.5. The second-order valence-electron chi connectivity index (χ2n) is 6.61. The van der Waals surface area contributed by atoms with Crippen molar-refractivity contribution in [1.82, 2.24) is 15.6 Å². The zero-order valence-corrected chi connectivity index (χ0v) is 12.5. The van der Waals surface area contributed by atoms with Gasteiger partial charge in [0.1, 0.15) is 0 Å². The van der Waals surface area contributed by atoms with Gasteiger partial charge in [-0.05, 0) is 43.0 Å². The third-order valence-electron chi connectivity index (χ3n) is 4.49. The van der Waals surface area contributed by atoms with E-state index in [1.807, 2.05) is 12.4 Å². The van der Waals surface area contributed by atoms with Gasteiger partial charge in [0.2, 0.25) is 0 Å². The highest BCUT2D eigenvalue weighted by molar-refractivity contribution is 5.21. The van der Waals surface area contributed by atoms with Gasteiger partial charge in [0.25, 0.3) is 0 Å². The van der Waals surface area contributed by atoms with Crippen molar-refractivity contribution < 1.29 is 0 Å². The predicted octanol–water partition coefficient (Wildman–Crippen LogP) is 2.34. The van der Waals surface area contributed by atoms with Gasteiger partial charge in [0.15, 0.2) is 0 Å². The second-order valence-corrected chi connectivity index (χ2v) is 6.61. The first-order valence-electron chi connectivity index (χ1n) is 7.34. The largest absolute Gasteiger partial charge is 0.319 e. The average Bonchev–Trinajstić information content (AvgIpc) is 2.37. The van der Waals surface area contributed by atoms with Crippen molar-refractivity contribution in [2.45, 2.75) is 38.5 Å². The van der Waals surface area contributed by atoms with Crippen LogP contribution in [-0.4, -0.2) is 31.7 Å². The minimum atomic E-state index is 0.160.